The molecule has 0 atom stereocenters. The van der Waals surface area contributed by atoms with Crippen molar-refractivity contribution in [1.82, 2.24) is 4.31 Å². The normalized spacial score (nSPS) is 10.1. The van der Waals surface area contributed by atoms with E-state index in [-0.39, 0.29) is 17.9 Å². The molecule has 0 aliphatic heterocycles. The molecular formula is C20H16INO3S. The molecule has 4 nitrogen and oxygen atoms in total. The molecule has 2 aromatic carbocycles. The van der Waals surface area contributed by atoms with E-state index < -0.39 is 10.0 Å². The molecule has 0 unspecified atom stereocenters. The minimum atomic E-state index is -3.82. The van der Waals surface area contributed by atoms with Crippen molar-refractivity contribution in [2.24, 2.45) is 0 Å². The molecule has 0 N–H and O–H groups in total. The van der Waals surface area contributed by atoms with Crippen LogP contribution >= 0.6 is 22.6 Å². The van der Waals surface area contributed by atoms with Gasteiger partial charge < -0.3 is 4.79 Å². The summed E-state index contributed by atoms with van der Waals surface area (Å²) < 4.78 is 29.5. The molecule has 0 spiro atoms. The first-order valence-corrected chi connectivity index (χ1v) is 10.3. The van der Waals surface area contributed by atoms with Gasteiger partial charge in [0.25, 0.3) is 10.0 Å². The summed E-state index contributed by atoms with van der Waals surface area (Å²) in [6, 6.07) is 16.5. The minimum Gasteiger partial charge on any atom is -0.303 e. The maximum atomic E-state index is 12.9. The molecule has 2 rings (SSSR count). The van der Waals surface area contributed by atoms with Crippen molar-refractivity contribution in [1.29, 1.82) is 0 Å². The molecule has 6 heteroatoms. The zero-order valence-corrected chi connectivity index (χ0v) is 17.0. The molecule has 0 amide bonds. The van der Waals surface area contributed by atoms with Gasteiger partial charge >= 0.3 is 0 Å². The van der Waals surface area contributed by atoms with E-state index >= 15 is 0 Å². The van der Waals surface area contributed by atoms with Crippen LogP contribution in [0.3, 0.4) is 0 Å². The summed E-state index contributed by atoms with van der Waals surface area (Å²) in [5, 5.41) is 0. The van der Waals surface area contributed by atoms with Crippen LogP contribution in [0.1, 0.15) is 23.1 Å². The molecule has 0 aliphatic carbocycles. The lowest BCUT2D eigenvalue weighted by atomic mass is 10.1. The largest absolute Gasteiger partial charge is 0.303 e. The van der Waals surface area contributed by atoms with Crippen molar-refractivity contribution in [3.8, 4) is 21.8 Å². The predicted molar refractivity (Wildman–Crippen MR) is 110 cm³/mol. The monoisotopic (exact) mass is 477 g/mol. The Morgan fingerprint density at radius 1 is 1.04 bits per heavy atom. The quantitative estimate of drug-likeness (QED) is 0.288. The van der Waals surface area contributed by atoms with Crippen LogP contribution in [0.15, 0.2) is 53.4 Å². The Morgan fingerprint density at radius 2 is 1.65 bits per heavy atom. The van der Waals surface area contributed by atoms with E-state index in [2.05, 4.69) is 21.8 Å². The molecule has 0 fully saturated rings. The van der Waals surface area contributed by atoms with Crippen molar-refractivity contribution in [2.45, 2.75) is 18.2 Å². The van der Waals surface area contributed by atoms with Gasteiger partial charge in [-0.1, -0.05) is 35.7 Å². The van der Waals surface area contributed by atoms with Gasteiger partial charge in [0.05, 0.1) is 4.90 Å². The van der Waals surface area contributed by atoms with E-state index in [1.165, 1.54) is 12.1 Å². The molecule has 0 bridgehead atoms. The summed E-state index contributed by atoms with van der Waals surface area (Å²) in [4.78, 5) is 10.9. The lowest BCUT2D eigenvalue weighted by Crippen LogP contribution is -2.28. The second kappa shape index (κ2) is 9.42. The van der Waals surface area contributed by atoms with Gasteiger partial charge in [0.1, 0.15) is 6.29 Å². The molecule has 0 radical (unpaired) electrons. The van der Waals surface area contributed by atoms with Crippen LogP contribution in [0.2, 0.25) is 0 Å². The number of carbonyl (C=O) groups excluding carboxylic acids is 1. The smallest absolute Gasteiger partial charge is 0.270 e. The van der Waals surface area contributed by atoms with Crippen molar-refractivity contribution >= 4 is 38.9 Å². The highest BCUT2D eigenvalue weighted by Crippen LogP contribution is 2.16. The standard InChI is InChI=1S/C20H16INO3S/c1-17-7-9-20(10-8-17)26(24,25)22(14-4-16-23)15-12-19-6-3-2-5-18(19)11-13-21/h2-3,5-10,16H,4,14H2,1H3. The topological polar surface area (TPSA) is 54.5 Å². The Hall–Kier alpha value is -2.29. The Kier molecular flexibility index (Phi) is 7.26. The van der Waals surface area contributed by atoms with Crippen LogP contribution in [0.5, 0.6) is 0 Å². The fourth-order valence-electron chi connectivity index (χ4n) is 2.12. The number of rotatable bonds is 5. The molecule has 2 aromatic rings. The molecule has 132 valence electrons. The van der Waals surface area contributed by atoms with Crippen LogP contribution in [-0.2, 0) is 14.8 Å². The molecule has 26 heavy (non-hydrogen) atoms. The van der Waals surface area contributed by atoms with Gasteiger partial charge in [-0.15, -0.1) is 0 Å². The molecule has 0 saturated heterocycles. The van der Waals surface area contributed by atoms with Gasteiger partial charge in [0.2, 0.25) is 0 Å². The summed E-state index contributed by atoms with van der Waals surface area (Å²) in [7, 11) is -3.82. The van der Waals surface area contributed by atoms with Crippen molar-refractivity contribution in [3.05, 3.63) is 65.2 Å². The zero-order chi connectivity index (χ0) is 19.0. The van der Waals surface area contributed by atoms with Crippen LogP contribution in [-0.4, -0.2) is 25.6 Å². The summed E-state index contributed by atoms with van der Waals surface area (Å²) in [5.74, 6) is 5.80. The van der Waals surface area contributed by atoms with Crippen LogP contribution in [0.25, 0.3) is 0 Å². The van der Waals surface area contributed by atoms with E-state index in [1.807, 2.05) is 47.7 Å². The number of carbonyl (C=O) groups is 1. The third-order valence-electron chi connectivity index (χ3n) is 3.48. The van der Waals surface area contributed by atoms with Gasteiger partial charge in [-0.2, -0.15) is 0 Å². The van der Waals surface area contributed by atoms with Gasteiger partial charge in [0, 0.05) is 52.7 Å². The van der Waals surface area contributed by atoms with E-state index in [0.29, 0.717) is 11.8 Å². The fraction of sp³-hybridized carbons (Fsp3) is 0.150. The second-order valence-corrected chi connectivity index (χ2v) is 7.75. The molecule has 0 aliphatic rings. The van der Waals surface area contributed by atoms with Gasteiger partial charge in [0.15, 0.2) is 0 Å². The lowest BCUT2D eigenvalue weighted by Gasteiger charge is -2.17. The maximum Gasteiger partial charge on any atom is 0.270 e. The first-order chi connectivity index (χ1) is 12.5. The van der Waals surface area contributed by atoms with Gasteiger partial charge in [-0.3, -0.25) is 0 Å². The van der Waals surface area contributed by atoms with E-state index in [9.17, 15) is 13.2 Å². The third-order valence-corrected chi connectivity index (χ3v) is 5.47. The summed E-state index contributed by atoms with van der Waals surface area (Å²) >= 11 is 1.94. The van der Waals surface area contributed by atoms with E-state index in [4.69, 9.17) is 0 Å². The van der Waals surface area contributed by atoms with Crippen molar-refractivity contribution in [3.63, 3.8) is 0 Å². The third kappa shape index (κ3) is 5.10. The summed E-state index contributed by atoms with van der Waals surface area (Å²) in [6.45, 7) is 1.87. The molecule has 0 saturated carbocycles. The van der Waals surface area contributed by atoms with E-state index in [1.54, 1.807) is 18.2 Å². The Bertz CT molecular complexity index is 1010. The lowest BCUT2D eigenvalue weighted by molar-refractivity contribution is -0.107. The number of halogens is 1. The van der Waals surface area contributed by atoms with Gasteiger partial charge in [-0.25, -0.2) is 12.7 Å². The Labute approximate surface area is 167 Å². The first kappa shape index (κ1) is 20.0. The minimum absolute atomic E-state index is 0.00710. The van der Waals surface area contributed by atoms with Crippen LogP contribution in [0, 0.1) is 28.7 Å². The Morgan fingerprint density at radius 3 is 2.23 bits per heavy atom. The summed E-state index contributed by atoms with van der Waals surface area (Å²) in [5.41, 5.74) is 2.31. The number of aldehydes is 1. The first-order valence-electron chi connectivity index (χ1n) is 7.74. The average molecular weight is 477 g/mol. The van der Waals surface area contributed by atoms with Crippen molar-refractivity contribution < 1.29 is 13.2 Å². The second-order valence-electron chi connectivity index (χ2n) is 5.35. The number of hydrogen-bond acceptors (Lipinski definition) is 3. The molecule has 0 aromatic heterocycles. The highest BCUT2D eigenvalue weighted by molar-refractivity contribution is 14.1. The SMILES string of the molecule is Cc1ccc(S(=O)(=O)N(C#Cc2ccccc2C#CI)CCC=O)cc1. The Balaban J connectivity index is 2.44. The number of hydrogen-bond donors (Lipinski definition) is 0. The fourth-order valence-corrected chi connectivity index (χ4v) is 3.65. The number of sulfonamides is 1. The highest BCUT2D eigenvalue weighted by atomic mass is 127. The zero-order valence-electron chi connectivity index (χ0n) is 14.1. The average Bonchev–Trinajstić information content (AvgIpc) is 2.63. The van der Waals surface area contributed by atoms with Gasteiger partial charge in [-0.05, 0) is 41.0 Å². The maximum absolute atomic E-state index is 12.9. The molecular weight excluding hydrogens is 461 g/mol. The highest BCUT2D eigenvalue weighted by Gasteiger charge is 2.21. The number of aryl methyl sites for hydroxylation is 1. The molecule has 0 heterocycles. The van der Waals surface area contributed by atoms with Crippen LogP contribution in [0.4, 0.5) is 0 Å². The van der Waals surface area contributed by atoms with E-state index in [0.717, 1.165) is 15.4 Å². The number of nitrogens with zero attached hydrogens (tertiary/aromatic N) is 1. The van der Waals surface area contributed by atoms with Crippen molar-refractivity contribution in [2.75, 3.05) is 6.54 Å². The number of benzene rings is 2. The summed E-state index contributed by atoms with van der Waals surface area (Å²) in [6.07, 6.45) is 0.740. The van der Waals surface area contributed by atoms with Crippen LogP contribution < -0.4 is 0 Å². The predicted octanol–water partition coefficient (Wildman–Crippen LogP) is 3.33.